The van der Waals surface area contributed by atoms with E-state index in [1.165, 1.54) is 0 Å². The van der Waals surface area contributed by atoms with Gasteiger partial charge in [-0.2, -0.15) is 0 Å². The number of piperazine rings is 1. The molecule has 110 valence electrons. The van der Waals surface area contributed by atoms with Crippen molar-refractivity contribution in [3.8, 4) is 0 Å². The summed E-state index contributed by atoms with van der Waals surface area (Å²) in [6, 6.07) is 3.75. The van der Waals surface area contributed by atoms with Crippen molar-refractivity contribution in [2.75, 3.05) is 32.7 Å². The molecule has 0 spiro atoms. The number of amides is 1. The predicted octanol–water partition coefficient (Wildman–Crippen LogP) is 0.919. The van der Waals surface area contributed by atoms with E-state index in [9.17, 15) is 9.90 Å². The number of rotatable bonds is 3. The molecule has 1 fully saturated rings. The lowest BCUT2D eigenvalue weighted by atomic mass is 10.1. The molecule has 0 aromatic carbocycles. The molecular weight excluding hydrogens is 254 g/mol. The molecular formula is C15H23N3O2. The van der Waals surface area contributed by atoms with Gasteiger partial charge < -0.3 is 10.0 Å². The van der Waals surface area contributed by atoms with Crippen LogP contribution < -0.4 is 0 Å². The zero-order valence-corrected chi connectivity index (χ0v) is 12.5. The van der Waals surface area contributed by atoms with Gasteiger partial charge in [-0.3, -0.25) is 14.7 Å². The predicted molar refractivity (Wildman–Crippen MR) is 77.6 cm³/mol. The first-order chi connectivity index (χ1) is 9.37. The minimum atomic E-state index is -0.691. The molecule has 0 radical (unpaired) electrons. The van der Waals surface area contributed by atoms with E-state index >= 15 is 0 Å². The van der Waals surface area contributed by atoms with E-state index in [2.05, 4.69) is 9.88 Å². The van der Waals surface area contributed by atoms with Crippen LogP contribution in [0.5, 0.6) is 0 Å². The van der Waals surface area contributed by atoms with Gasteiger partial charge >= 0.3 is 0 Å². The summed E-state index contributed by atoms with van der Waals surface area (Å²) in [5.74, 6) is 0.00556. The molecule has 5 nitrogen and oxygen atoms in total. The Morgan fingerprint density at radius 2 is 2.00 bits per heavy atom. The number of β-amino-alcohol motifs (C(OH)–C–C–N with tert-alkyl or cyclic N) is 1. The van der Waals surface area contributed by atoms with E-state index in [4.69, 9.17) is 0 Å². The molecule has 1 aliphatic heterocycles. The summed E-state index contributed by atoms with van der Waals surface area (Å²) >= 11 is 0. The highest BCUT2D eigenvalue weighted by Gasteiger charge is 2.26. The van der Waals surface area contributed by atoms with Crippen molar-refractivity contribution in [3.63, 3.8) is 0 Å². The third-order valence-electron chi connectivity index (χ3n) is 3.48. The maximum absolute atomic E-state index is 12.4. The highest BCUT2D eigenvalue weighted by molar-refractivity contribution is 5.93. The fraction of sp³-hybridized carbons (Fsp3) is 0.600. The molecule has 1 aromatic rings. The average Bonchev–Trinajstić information content (AvgIpc) is 2.37. The van der Waals surface area contributed by atoms with Crippen LogP contribution in [-0.4, -0.2) is 64.1 Å². The SMILES string of the molecule is Cc1cccnc1C(=O)N1CCN(CC(C)(C)O)CC1. The molecule has 1 aromatic heterocycles. The molecule has 0 unspecified atom stereocenters. The van der Waals surface area contributed by atoms with Crippen molar-refractivity contribution in [1.82, 2.24) is 14.8 Å². The fourth-order valence-electron chi connectivity index (χ4n) is 2.52. The van der Waals surface area contributed by atoms with Gasteiger partial charge in [0.05, 0.1) is 5.60 Å². The second kappa shape index (κ2) is 5.89. The summed E-state index contributed by atoms with van der Waals surface area (Å²) in [6.45, 7) is 9.12. The van der Waals surface area contributed by atoms with Crippen molar-refractivity contribution in [2.45, 2.75) is 26.4 Å². The number of aromatic nitrogens is 1. The average molecular weight is 277 g/mol. The molecule has 2 heterocycles. The Hall–Kier alpha value is -1.46. The Balaban J connectivity index is 1.94. The van der Waals surface area contributed by atoms with Crippen LogP contribution in [0.4, 0.5) is 0 Å². The molecule has 1 N–H and O–H groups in total. The standard InChI is InChI=1S/C15H23N3O2/c1-12-5-4-6-16-13(12)14(19)18-9-7-17(8-10-18)11-15(2,3)20/h4-6,20H,7-11H2,1-3H3. The Kier molecular flexibility index (Phi) is 4.40. The van der Waals surface area contributed by atoms with Gasteiger partial charge in [-0.1, -0.05) is 6.07 Å². The monoisotopic (exact) mass is 277 g/mol. The molecule has 5 heteroatoms. The molecule has 1 aliphatic rings. The lowest BCUT2D eigenvalue weighted by molar-refractivity contribution is 0.0177. The summed E-state index contributed by atoms with van der Waals surface area (Å²) < 4.78 is 0. The Bertz CT molecular complexity index is 474. The van der Waals surface area contributed by atoms with Gasteiger partial charge in [-0.25, -0.2) is 0 Å². The number of nitrogens with zero attached hydrogens (tertiary/aromatic N) is 3. The molecule has 20 heavy (non-hydrogen) atoms. The fourth-order valence-corrected chi connectivity index (χ4v) is 2.52. The zero-order chi connectivity index (χ0) is 14.8. The molecule has 0 aliphatic carbocycles. The second-order valence-corrected chi connectivity index (χ2v) is 6.05. The topological polar surface area (TPSA) is 56.7 Å². The van der Waals surface area contributed by atoms with Gasteiger partial charge in [0.2, 0.25) is 0 Å². The van der Waals surface area contributed by atoms with Crippen LogP contribution in [0.1, 0.15) is 29.9 Å². The highest BCUT2D eigenvalue weighted by atomic mass is 16.3. The third kappa shape index (κ3) is 3.77. The Labute approximate surface area is 120 Å². The summed E-state index contributed by atoms with van der Waals surface area (Å²) in [6.07, 6.45) is 1.66. The highest BCUT2D eigenvalue weighted by Crippen LogP contribution is 2.12. The van der Waals surface area contributed by atoms with E-state index in [0.717, 1.165) is 18.7 Å². The summed E-state index contributed by atoms with van der Waals surface area (Å²) in [7, 11) is 0. The van der Waals surface area contributed by atoms with Gasteiger partial charge in [0.15, 0.2) is 0 Å². The summed E-state index contributed by atoms with van der Waals surface area (Å²) in [5, 5.41) is 9.83. The third-order valence-corrected chi connectivity index (χ3v) is 3.48. The summed E-state index contributed by atoms with van der Waals surface area (Å²) in [4.78, 5) is 20.6. The Morgan fingerprint density at radius 1 is 1.35 bits per heavy atom. The van der Waals surface area contributed by atoms with Crippen LogP contribution >= 0.6 is 0 Å². The first kappa shape index (κ1) is 14.9. The molecule has 0 saturated carbocycles. The van der Waals surface area contributed by atoms with Gasteiger partial charge in [0.25, 0.3) is 5.91 Å². The quantitative estimate of drug-likeness (QED) is 0.892. The van der Waals surface area contributed by atoms with Crippen molar-refractivity contribution in [3.05, 3.63) is 29.6 Å². The molecule has 0 bridgehead atoms. The van der Waals surface area contributed by atoms with Crippen LogP contribution in [0.15, 0.2) is 18.3 Å². The molecule has 0 atom stereocenters. The largest absolute Gasteiger partial charge is 0.389 e. The van der Waals surface area contributed by atoms with Crippen LogP contribution in [0.2, 0.25) is 0 Å². The summed E-state index contributed by atoms with van der Waals surface area (Å²) in [5.41, 5.74) is 0.767. The number of hydrogen-bond acceptors (Lipinski definition) is 4. The second-order valence-electron chi connectivity index (χ2n) is 6.05. The van der Waals surface area contributed by atoms with Crippen LogP contribution in [0.3, 0.4) is 0 Å². The number of carbonyl (C=O) groups excluding carboxylic acids is 1. The van der Waals surface area contributed by atoms with Crippen molar-refractivity contribution >= 4 is 5.91 Å². The molecule has 1 amide bonds. The lowest BCUT2D eigenvalue weighted by Gasteiger charge is -2.37. The minimum absolute atomic E-state index is 0.00556. The van der Waals surface area contributed by atoms with Gasteiger partial charge in [-0.15, -0.1) is 0 Å². The van der Waals surface area contributed by atoms with Crippen molar-refractivity contribution < 1.29 is 9.90 Å². The van der Waals surface area contributed by atoms with E-state index in [1.807, 2.05) is 37.8 Å². The zero-order valence-electron chi connectivity index (χ0n) is 12.5. The number of pyridine rings is 1. The molecule has 2 rings (SSSR count). The van der Waals surface area contributed by atoms with Crippen LogP contribution in [0, 0.1) is 6.92 Å². The Morgan fingerprint density at radius 3 is 2.55 bits per heavy atom. The smallest absolute Gasteiger partial charge is 0.272 e. The van der Waals surface area contributed by atoms with Gasteiger partial charge in [-0.05, 0) is 32.4 Å². The number of carbonyl (C=O) groups is 1. The number of aliphatic hydroxyl groups is 1. The van der Waals surface area contributed by atoms with E-state index in [0.29, 0.717) is 25.3 Å². The molecule has 1 saturated heterocycles. The normalized spacial score (nSPS) is 17.3. The van der Waals surface area contributed by atoms with Gasteiger partial charge in [0, 0.05) is 38.9 Å². The minimum Gasteiger partial charge on any atom is -0.389 e. The van der Waals surface area contributed by atoms with Crippen LogP contribution in [-0.2, 0) is 0 Å². The lowest BCUT2D eigenvalue weighted by Crippen LogP contribution is -2.52. The van der Waals surface area contributed by atoms with E-state index in [1.54, 1.807) is 6.20 Å². The van der Waals surface area contributed by atoms with Crippen LogP contribution in [0.25, 0.3) is 0 Å². The first-order valence-corrected chi connectivity index (χ1v) is 7.02. The van der Waals surface area contributed by atoms with E-state index < -0.39 is 5.60 Å². The number of aryl methyl sites for hydroxylation is 1. The number of hydrogen-bond donors (Lipinski definition) is 1. The van der Waals surface area contributed by atoms with Crippen molar-refractivity contribution in [1.29, 1.82) is 0 Å². The van der Waals surface area contributed by atoms with Crippen molar-refractivity contribution in [2.24, 2.45) is 0 Å². The first-order valence-electron chi connectivity index (χ1n) is 7.02. The van der Waals surface area contributed by atoms with E-state index in [-0.39, 0.29) is 5.91 Å². The maximum atomic E-state index is 12.4. The maximum Gasteiger partial charge on any atom is 0.272 e. The van der Waals surface area contributed by atoms with Gasteiger partial charge in [0.1, 0.15) is 5.69 Å².